The van der Waals surface area contributed by atoms with Crippen molar-refractivity contribution in [2.24, 2.45) is 0 Å². The number of imide groups is 1. The topological polar surface area (TPSA) is 126 Å². The molecule has 1 aromatic heterocycles. The fourth-order valence-corrected chi connectivity index (χ4v) is 6.10. The van der Waals surface area contributed by atoms with E-state index in [0.717, 1.165) is 16.0 Å². The summed E-state index contributed by atoms with van der Waals surface area (Å²) in [7, 11) is 0. The van der Waals surface area contributed by atoms with Crippen molar-refractivity contribution in [3.05, 3.63) is 125 Å². The number of aromatic nitrogens is 1. The molecular formula is C32H26N2O7S. The molecule has 2 amide bonds. The van der Waals surface area contributed by atoms with E-state index in [0.29, 0.717) is 39.6 Å². The largest absolute Gasteiger partial charge is 0.478 e. The molecule has 0 radical (unpaired) electrons. The van der Waals surface area contributed by atoms with E-state index in [-0.39, 0.29) is 36.2 Å². The Morgan fingerprint density at radius 3 is 2.33 bits per heavy atom. The number of carboxylic acid groups (broad SMARTS) is 1. The predicted molar refractivity (Wildman–Crippen MR) is 154 cm³/mol. The molecule has 2 aliphatic rings. The summed E-state index contributed by atoms with van der Waals surface area (Å²) >= 11 is 1.30. The molecule has 2 N–H and O–H groups in total. The van der Waals surface area contributed by atoms with Gasteiger partial charge in [0.05, 0.1) is 41.2 Å². The van der Waals surface area contributed by atoms with E-state index in [1.54, 1.807) is 54.7 Å². The minimum Gasteiger partial charge on any atom is -0.478 e. The van der Waals surface area contributed by atoms with Gasteiger partial charge in [-0.3, -0.25) is 9.59 Å². The molecular weight excluding hydrogens is 556 g/mol. The van der Waals surface area contributed by atoms with Crippen molar-refractivity contribution in [3.63, 3.8) is 0 Å². The molecule has 9 nitrogen and oxygen atoms in total. The van der Waals surface area contributed by atoms with Crippen molar-refractivity contribution in [2.75, 3.05) is 10.7 Å². The standard InChI is InChI=1S/C32H26N2O7S/c35-17-19-10-12-20(13-11-19)27-16-23(18-42-28-26(31(38)39)9-4-14-33-28)40-32(41-27)21-5-3-6-22(15-21)34-29(36)24-7-1-2-8-25(24)30(34)37/h1-15,23,27,32,35H,16-18H2,(H,38,39). The zero-order chi connectivity index (χ0) is 29.2. The first-order chi connectivity index (χ1) is 20.4. The average Bonchev–Trinajstić information content (AvgIpc) is 3.29. The van der Waals surface area contributed by atoms with Gasteiger partial charge in [0.15, 0.2) is 6.29 Å². The number of benzene rings is 3. The summed E-state index contributed by atoms with van der Waals surface area (Å²) in [6, 6.07) is 24.3. The molecule has 3 atom stereocenters. The maximum Gasteiger partial charge on any atom is 0.338 e. The Morgan fingerprint density at radius 2 is 1.64 bits per heavy atom. The van der Waals surface area contributed by atoms with Crippen LogP contribution in [0.5, 0.6) is 0 Å². The number of hydrogen-bond acceptors (Lipinski definition) is 8. The van der Waals surface area contributed by atoms with E-state index >= 15 is 0 Å². The number of carbonyl (C=O) groups excluding carboxylic acids is 2. The van der Waals surface area contributed by atoms with Crippen molar-refractivity contribution in [2.45, 2.75) is 36.6 Å². The lowest BCUT2D eigenvalue weighted by atomic mass is 10.0. The average molecular weight is 583 g/mol. The summed E-state index contributed by atoms with van der Waals surface area (Å²) in [5.74, 6) is -1.42. The van der Waals surface area contributed by atoms with Crippen molar-refractivity contribution in [3.8, 4) is 0 Å². The molecule has 2 aliphatic heterocycles. The fraction of sp³-hybridized carbons (Fsp3) is 0.188. The van der Waals surface area contributed by atoms with Crippen LogP contribution < -0.4 is 4.90 Å². The van der Waals surface area contributed by atoms with E-state index in [1.165, 1.54) is 17.8 Å². The van der Waals surface area contributed by atoms with Crippen LogP contribution in [0.15, 0.2) is 96.2 Å². The summed E-state index contributed by atoms with van der Waals surface area (Å²) < 4.78 is 12.8. The van der Waals surface area contributed by atoms with Crippen LogP contribution in [0.3, 0.4) is 0 Å². The number of ether oxygens (including phenoxy) is 2. The number of anilines is 1. The number of aliphatic hydroxyl groups is 1. The van der Waals surface area contributed by atoms with Gasteiger partial charge in [-0.1, -0.05) is 48.5 Å². The second-order valence-corrected chi connectivity index (χ2v) is 10.9. The van der Waals surface area contributed by atoms with Gasteiger partial charge in [0, 0.05) is 23.9 Å². The Hall–Kier alpha value is -4.35. The third-order valence-electron chi connectivity index (χ3n) is 7.22. The first kappa shape index (κ1) is 27.8. The van der Waals surface area contributed by atoms with Crippen LogP contribution >= 0.6 is 11.8 Å². The zero-order valence-corrected chi connectivity index (χ0v) is 23.1. The highest BCUT2D eigenvalue weighted by atomic mass is 32.2. The van der Waals surface area contributed by atoms with Crippen molar-refractivity contribution in [1.82, 2.24) is 4.98 Å². The first-order valence-electron chi connectivity index (χ1n) is 13.3. The SMILES string of the molecule is O=C(O)c1cccnc1SCC1CC(c2ccc(CO)cc2)OC(c2cccc(N3C(=O)c4ccccc4C3=O)c2)O1. The summed E-state index contributed by atoms with van der Waals surface area (Å²) in [6.45, 7) is -0.0720. The minimum absolute atomic E-state index is 0.0720. The van der Waals surface area contributed by atoms with Gasteiger partial charge in [0.2, 0.25) is 0 Å². The van der Waals surface area contributed by atoms with Crippen LogP contribution in [-0.4, -0.2) is 44.8 Å². The number of aliphatic hydroxyl groups excluding tert-OH is 1. The van der Waals surface area contributed by atoms with E-state index < -0.39 is 12.3 Å². The number of carboxylic acids is 1. The second-order valence-electron chi connectivity index (χ2n) is 9.91. The number of pyridine rings is 1. The molecule has 0 bridgehead atoms. The number of carbonyl (C=O) groups is 3. The zero-order valence-electron chi connectivity index (χ0n) is 22.3. The van der Waals surface area contributed by atoms with Crippen LogP contribution in [0.1, 0.15) is 66.6 Å². The van der Waals surface area contributed by atoms with Crippen LogP contribution in [0.2, 0.25) is 0 Å². The molecule has 0 aliphatic carbocycles. The minimum atomic E-state index is -1.05. The van der Waals surface area contributed by atoms with Gasteiger partial charge in [0.1, 0.15) is 5.03 Å². The van der Waals surface area contributed by atoms with E-state index in [4.69, 9.17) is 9.47 Å². The quantitative estimate of drug-likeness (QED) is 0.207. The first-order valence-corrected chi connectivity index (χ1v) is 14.3. The summed E-state index contributed by atoms with van der Waals surface area (Å²) in [5, 5.41) is 19.4. The predicted octanol–water partition coefficient (Wildman–Crippen LogP) is 5.41. The van der Waals surface area contributed by atoms with E-state index in [2.05, 4.69) is 4.98 Å². The third kappa shape index (κ3) is 5.45. The number of nitrogens with zero attached hydrogens (tertiary/aromatic N) is 2. The Bertz CT molecular complexity index is 1620. The molecule has 1 fully saturated rings. The van der Waals surface area contributed by atoms with Gasteiger partial charge in [-0.15, -0.1) is 11.8 Å². The van der Waals surface area contributed by atoms with Crippen molar-refractivity contribution < 1.29 is 34.1 Å². The van der Waals surface area contributed by atoms with Crippen LogP contribution in [0, 0.1) is 0 Å². The normalized spacial score (nSPS) is 20.0. The number of hydrogen-bond donors (Lipinski definition) is 2. The highest BCUT2D eigenvalue weighted by Crippen LogP contribution is 2.40. The van der Waals surface area contributed by atoms with Gasteiger partial charge >= 0.3 is 5.97 Å². The second kappa shape index (κ2) is 11.9. The van der Waals surface area contributed by atoms with Crippen molar-refractivity contribution in [1.29, 1.82) is 0 Å². The summed E-state index contributed by atoms with van der Waals surface area (Å²) in [5.41, 5.74) is 3.55. The molecule has 0 saturated carbocycles. The highest BCUT2D eigenvalue weighted by molar-refractivity contribution is 7.99. The number of fused-ring (bicyclic) bond motifs is 1. The molecule has 212 valence electrons. The van der Waals surface area contributed by atoms with Crippen molar-refractivity contribution >= 4 is 35.2 Å². The maximum absolute atomic E-state index is 13.1. The molecule has 6 rings (SSSR count). The number of rotatable bonds is 8. The van der Waals surface area contributed by atoms with Gasteiger partial charge < -0.3 is 19.7 Å². The monoisotopic (exact) mass is 582 g/mol. The van der Waals surface area contributed by atoms with Gasteiger partial charge in [0.25, 0.3) is 11.8 Å². The summed E-state index contributed by atoms with van der Waals surface area (Å²) in [6.07, 6.45) is 0.508. The molecule has 3 heterocycles. The smallest absolute Gasteiger partial charge is 0.338 e. The molecule has 4 aromatic rings. The molecule has 42 heavy (non-hydrogen) atoms. The number of amides is 2. The lowest BCUT2D eigenvalue weighted by Gasteiger charge is -2.36. The summed E-state index contributed by atoms with van der Waals surface area (Å²) in [4.78, 5) is 43.3. The fourth-order valence-electron chi connectivity index (χ4n) is 5.10. The number of thioether (sulfide) groups is 1. The van der Waals surface area contributed by atoms with Gasteiger partial charge in [-0.25, -0.2) is 14.7 Å². The Balaban J connectivity index is 1.28. The Labute approximate surface area is 245 Å². The molecule has 0 spiro atoms. The van der Waals surface area contributed by atoms with E-state index in [9.17, 15) is 24.6 Å². The lowest BCUT2D eigenvalue weighted by Crippen LogP contribution is -2.32. The highest BCUT2D eigenvalue weighted by Gasteiger charge is 2.37. The maximum atomic E-state index is 13.1. The van der Waals surface area contributed by atoms with Crippen LogP contribution in [-0.2, 0) is 16.1 Å². The molecule has 3 aromatic carbocycles. The van der Waals surface area contributed by atoms with Gasteiger partial charge in [-0.2, -0.15) is 0 Å². The van der Waals surface area contributed by atoms with Crippen LogP contribution in [0.25, 0.3) is 0 Å². The third-order valence-corrected chi connectivity index (χ3v) is 8.35. The molecule has 1 saturated heterocycles. The van der Waals surface area contributed by atoms with Gasteiger partial charge in [-0.05, 0) is 47.5 Å². The molecule has 10 heteroatoms. The van der Waals surface area contributed by atoms with Crippen LogP contribution in [0.4, 0.5) is 5.69 Å². The Morgan fingerprint density at radius 1 is 0.905 bits per heavy atom. The van der Waals surface area contributed by atoms with E-state index in [1.807, 2.05) is 30.3 Å². The number of aromatic carboxylic acids is 1. The lowest BCUT2D eigenvalue weighted by molar-refractivity contribution is -0.245. The molecule has 3 unspecified atom stereocenters. The Kier molecular flexibility index (Phi) is 7.86.